The number of hydrogen-bond acceptors (Lipinski definition) is 5. The van der Waals surface area contributed by atoms with Gasteiger partial charge >= 0.3 is 0 Å². The Morgan fingerprint density at radius 1 is 1.20 bits per heavy atom. The smallest absolute Gasteiger partial charge is 0.0964 e. The molecule has 1 saturated heterocycles. The molecule has 1 aliphatic heterocycles. The zero-order valence-corrected chi connectivity index (χ0v) is 12.1. The number of rotatable bonds is 9. The lowest BCUT2D eigenvalue weighted by Gasteiger charge is -2.14. The lowest BCUT2D eigenvalue weighted by atomic mass is 10.4. The van der Waals surface area contributed by atoms with E-state index >= 15 is 0 Å². The second-order valence-corrected chi connectivity index (χ2v) is 5.79. The highest BCUT2D eigenvalue weighted by atomic mass is 16.5. The first-order valence-electron chi connectivity index (χ1n) is 7.83. The highest BCUT2D eigenvalue weighted by Crippen LogP contribution is 2.18. The minimum atomic E-state index is 0.715. The zero-order valence-electron chi connectivity index (χ0n) is 12.1. The Morgan fingerprint density at radius 3 is 2.80 bits per heavy atom. The maximum Gasteiger partial charge on any atom is 0.0964 e. The SMILES string of the molecule is c1c(CNC2CC2)nnn1CCOCCN1CCCC1. The molecule has 1 aromatic heterocycles. The molecule has 0 radical (unpaired) electrons. The molecule has 20 heavy (non-hydrogen) atoms. The molecule has 0 amide bonds. The highest BCUT2D eigenvalue weighted by Gasteiger charge is 2.20. The van der Waals surface area contributed by atoms with Crippen molar-refractivity contribution < 1.29 is 4.74 Å². The van der Waals surface area contributed by atoms with Crippen molar-refractivity contribution in [3.05, 3.63) is 11.9 Å². The van der Waals surface area contributed by atoms with Crippen molar-refractivity contribution in [1.82, 2.24) is 25.2 Å². The van der Waals surface area contributed by atoms with Crippen molar-refractivity contribution in [2.45, 2.75) is 44.8 Å². The molecule has 1 aromatic rings. The van der Waals surface area contributed by atoms with Gasteiger partial charge in [-0.05, 0) is 38.8 Å². The summed E-state index contributed by atoms with van der Waals surface area (Å²) in [6.45, 7) is 6.70. The van der Waals surface area contributed by atoms with Crippen LogP contribution in [0, 0.1) is 0 Å². The van der Waals surface area contributed by atoms with Gasteiger partial charge in [-0.1, -0.05) is 5.21 Å². The maximum atomic E-state index is 5.67. The summed E-state index contributed by atoms with van der Waals surface area (Å²) in [6.07, 6.45) is 7.31. The van der Waals surface area contributed by atoms with E-state index in [2.05, 4.69) is 20.5 Å². The molecule has 0 aromatic carbocycles. The Morgan fingerprint density at radius 2 is 2.00 bits per heavy atom. The van der Waals surface area contributed by atoms with E-state index in [1.807, 2.05) is 10.9 Å². The van der Waals surface area contributed by atoms with Crippen LogP contribution < -0.4 is 5.32 Å². The third kappa shape index (κ3) is 4.54. The second-order valence-electron chi connectivity index (χ2n) is 5.79. The van der Waals surface area contributed by atoms with E-state index in [-0.39, 0.29) is 0 Å². The molecule has 0 bridgehead atoms. The first kappa shape index (κ1) is 14.0. The monoisotopic (exact) mass is 279 g/mol. The molecular weight excluding hydrogens is 254 g/mol. The molecular formula is C14H25N5O. The summed E-state index contributed by atoms with van der Waals surface area (Å²) in [5.41, 5.74) is 1.02. The Bertz CT molecular complexity index is 398. The van der Waals surface area contributed by atoms with Gasteiger partial charge < -0.3 is 15.0 Å². The van der Waals surface area contributed by atoms with Gasteiger partial charge in [0.25, 0.3) is 0 Å². The van der Waals surface area contributed by atoms with E-state index in [0.29, 0.717) is 12.6 Å². The van der Waals surface area contributed by atoms with Crippen LogP contribution in [0.25, 0.3) is 0 Å². The van der Waals surface area contributed by atoms with Gasteiger partial charge in [0.15, 0.2) is 0 Å². The quantitative estimate of drug-likeness (QED) is 0.672. The van der Waals surface area contributed by atoms with E-state index in [4.69, 9.17) is 4.74 Å². The number of nitrogens with zero attached hydrogens (tertiary/aromatic N) is 4. The zero-order chi connectivity index (χ0) is 13.6. The predicted molar refractivity (Wildman–Crippen MR) is 76.4 cm³/mol. The van der Waals surface area contributed by atoms with Crippen LogP contribution in [0.1, 0.15) is 31.4 Å². The lowest BCUT2D eigenvalue weighted by Crippen LogP contribution is -2.24. The fraction of sp³-hybridized carbons (Fsp3) is 0.857. The standard InChI is InChI=1S/C14H25N5O/c1-2-6-18(5-1)7-9-20-10-8-19-12-14(16-17-19)11-15-13-3-4-13/h12-13,15H,1-11H2. The van der Waals surface area contributed by atoms with Gasteiger partial charge in [0.05, 0.1) is 25.5 Å². The van der Waals surface area contributed by atoms with E-state index in [9.17, 15) is 0 Å². The predicted octanol–water partition coefficient (Wildman–Crippen LogP) is 0.642. The average Bonchev–Trinajstić information content (AvgIpc) is 2.96. The number of ether oxygens (including phenoxy) is 1. The second kappa shape index (κ2) is 7.15. The Hall–Kier alpha value is -0.980. The molecule has 0 unspecified atom stereocenters. The minimum Gasteiger partial charge on any atom is -0.378 e. The third-order valence-corrected chi connectivity index (χ3v) is 3.95. The number of likely N-dealkylation sites (tertiary alicyclic amines) is 1. The van der Waals surface area contributed by atoms with Crippen molar-refractivity contribution in [3.63, 3.8) is 0 Å². The summed E-state index contributed by atoms with van der Waals surface area (Å²) in [4.78, 5) is 2.47. The van der Waals surface area contributed by atoms with E-state index in [0.717, 1.165) is 31.9 Å². The van der Waals surface area contributed by atoms with Crippen LogP contribution in [0.15, 0.2) is 6.20 Å². The first-order valence-corrected chi connectivity index (χ1v) is 7.83. The normalized spacial score (nSPS) is 19.8. The Balaban J connectivity index is 1.25. The van der Waals surface area contributed by atoms with Gasteiger partial charge in [0, 0.05) is 25.3 Å². The van der Waals surface area contributed by atoms with Gasteiger partial charge in [-0.15, -0.1) is 5.10 Å². The highest BCUT2D eigenvalue weighted by molar-refractivity contribution is 4.94. The van der Waals surface area contributed by atoms with Gasteiger partial charge in [-0.25, -0.2) is 4.68 Å². The van der Waals surface area contributed by atoms with Crippen LogP contribution in [0.4, 0.5) is 0 Å². The topological polar surface area (TPSA) is 55.2 Å². The molecule has 0 spiro atoms. The summed E-state index contributed by atoms with van der Waals surface area (Å²) >= 11 is 0. The Kier molecular flexibility index (Phi) is 5.00. The molecule has 3 rings (SSSR count). The summed E-state index contributed by atoms with van der Waals surface area (Å²) in [7, 11) is 0. The van der Waals surface area contributed by atoms with Gasteiger partial charge in [-0.2, -0.15) is 0 Å². The summed E-state index contributed by atoms with van der Waals surface area (Å²) in [5, 5.41) is 11.7. The van der Waals surface area contributed by atoms with Crippen molar-refractivity contribution in [1.29, 1.82) is 0 Å². The van der Waals surface area contributed by atoms with Gasteiger partial charge in [-0.3, -0.25) is 0 Å². The first-order chi connectivity index (χ1) is 9.90. The molecule has 2 fully saturated rings. The van der Waals surface area contributed by atoms with Crippen LogP contribution in [-0.2, 0) is 17.8 Å². The Labute approximate surface area is 120 Å². The number of hydrogen-bond donors (Lipinski definition) is 1. The molecule has 2 aliphatic rings. The van der Waals surface area contributed by atoms with Crippen LogP contribution >= 0.6 is 0 Å². The molecule has 1 saturated carbocycles. The maximum absolute atomic E-state index is 5.67. The van der Waals surface area contributed by atoms with Crippen LogP contribution in [0.2, 0.25) is 0 Å². The van der Waals surface area contributed by atoms with Crippen LogP contribution in [-0.4, -0.2) is 58.8 Å². The fourth-order valence-electron chi connectivity index (χ4n) is 2.53. The van der Waals surface area contributed by atoms with Crippen molar-refractivity contribution in [2.24, 2.45) is 0 Å². The molecule has 6 heteroatoms. The van der Waals surface area contributed by atoms with Crippen molar-refractivity contribution >= 4 is 0 Å². The molecule has 2 heterocycles. The summed E-state index contributed by atoms with van der Waals surface area (Å²) in [5.74, 6) is 0. The van der Waals surface area contributed by atoms with Gasteiger partial charge in [0.1, 0.15) is 0 Å². The largest absolute Gasteiger partial charge is 0.378 e. The number of nitrogens with one attached hydrogen (secondary N) is 1. The van der Waals surface area contributed by atoms with E-state index in [1.54, 1.807) is 0 Å². The number of aromatic nitrogens is 3. The molecule has 1 N–H and O–H groups in total. The van der Waals surface area contributed by atoms with E-state index in [1.165, 1.54) is 38.8 Å². The molecule has 1 aliphatic carbocycles. The van der Waals surface area contributed by atoms with Crippen LogP contribution in [0.5, 0.6) is 0 Å². The average molecular weight is 279 g/mol. The molecule has 112 valence electrons. The minimum absolute atomic E-state index is 0.715. The molecule has 6 nitrogen and oxygen atoms in total. The lowest BCUT2D eigenvalue weighted by molar-refractivity contribution is 0.102. The van der Waals surface area contributed by atoms with Crippen molar-refractivity contribution in [2.75, 3.05) is 32.8 Å². The van der Waals surface area contributed by atoms with Gasteiger partial charge in [0.2, 0.25) is 0 Å². The summed E-state index contributed by atoms with van der Waals surface area (Å²) < 4.78 is 7.55. The third-order valence-electron chi connectivity index (χ3n) is 3.95. The van der Waals surface area contributed by atoms with E-state index < -0.39 is 0 Å². The van der Waals surface area contributed by atoms with Crippen LogP contribution in [0.3, 0.4) is 0 Å². The fourth-order valence-corrected chi connectivity index (χ4v) is 2.53. The molecule has 0 atom stereocenters. The summed E-state index contributed by atoms with van der Waals surface area (Å²) in [6, 6.07) is 0.717. The van der Waals surface area contributed by atoms with Crippen molar-refractivity contribution in [3.8, 4) is 0 Å².